The molecule has 7 heteroatoms. The predicted molar refractivity (Wildman–Crippen MR) is 118 cm³/mol. The zero-order chi connectivity index (χ0) is 22.2. The van der Waals surface area contributed by atoms with Gasteiger partial charge in [-0.1, -0.05) is 60.2 Å². The van der Waals surface area contributed by atoms with Crippen molar-refractivity contribution in [3.05, 3.63) is 112 Å². The Hall–Kier alpha value is -2.38. The number of aromatic carboxylic acids is 1. The second kappa shape index (κ2) is 10.9. The third kappa shape index (κ3) is 5.01. The van der Waals surface area contributed by atoms with Gasteiger partial charge in [-0.15, -0.1) is 5.75 Å². The van der Waals surface area contributed by atoms with Crippen LogP contribution in [0.1, 0.15) is 21.5 Å². The van der Waals surface area contributed by atoms with Crippen LogP contribution in [0.3, 0.4) is 0 Å². The van der Waals surface area contributed by atoms with Gasteiger partial charge in [0.2, 0.25) is 0 Å². The molecule has 1 heterocycles. The summed E-state index contributed by atoms with van der Waals surface area (Å²) < 4.78 is 5.91. The van der Waals surface area contributed by atoms with Crippen LogP contribution in [-0.4, -0.2) is 5.97 Å². The largest absolute Gasteiger partial charge is 1.00 e. The Balaban J connectivity index is 0.00000162. The van der Waals surface area contributed by atoms with E-state index in [1.54, 1.807) is 30.3 Å². The van der Waals surface area contributed by atoms with Crippen molar-refractivity contribution in [2.24, 2.45) is 0 Å². The summed E-state index contributed by atoms with van der Waals surface area (Å²) in [5.74, 6) is -1.22. The molecule has 156 valence electrons. The van der Waals surface area contributed by atoms with E-state index in [9.17, 15) is 19.8 Å². The summed E-state index contributed by atoms with van der Waals surface area (Å²) in [6.45, 7) is 0. The maximum absolute atomic E-state index is 12.8. The molecule has 0 unspecified atom stereocenters. The minimum atomic E-state index is -1.31. The van der Waals surface area contributed by atoms with Crippen LogP contribution in [-0.2, 0) is 6.42 Å². The SMILES string of the molecule is O=C([O-])c1ccccc1-c1c2ccc(=O)cc-2oc2cc([O-])c(Cc3ccccc3)cc12.[Na+].[Na+]. The summed E-state index contributed by atoms with van der Waals surface area (Å²) in [6, 6.07) is 23.6. The first-order valence-corrected chi connectivity index (χ1v) is 10.1. The number of carboxylic acid groups (broad SMARTS) is 1. The van der Waals surface area contributed by atoms with Crippen molar-refractivity contribution < 1.29 is 78.5 Å². The van der Waals surface area contributed by atoms with E-state index in [1.807, 2.05) is 30.3 Å². The molecular weight excluding hydrogens is 450 g/mol. The molecule has 0 amide bonds. The minimum absolute atomic E-state index is 0. The van der Waals surface area contributed by atoms with E-state index in [2.05, 4.69) is 0 Å². The third-order valence-corrected chi connectivity index (χ3v) is 5.53. The van der Waals surface area contributed by atoms with E-state index < -0.39 is 5.97 Å². The van der Waals surface area contributed by atoms with Gasteiger partial charge in [-0.05, 0) is 41.8 Å². The van der Waals surface area contributed by atoms with Crippen molar-refractivity contribution in [1.82, 2.24) is 0 Å². The van der Waals surface area contributed by atoms with E-state index in [0.29, 0.717) is 34.1 Å². The fourth-order valence-electron chi connectivity index (χ4n) is 4.07. The smallest absolute Gasteiger partial charge is 0.872 e. The fourth-order valence-corrected chi connectivity index (χ4v) is 4.07. The van der Waals surface area contributed by atoms with E-state index >= 15 is 0 Å². The van der Waals surface area contributed by atoms with Gasteiger partial charge >= 0.3 is 59.1 Å². The van der Waals surface area contributed by atoms with E-state index in [-0.39, 0.29) is 87.2 Å². The Morgan fingerprint density at radius 2 is 1.53 bits per heavy atom. The van der Waals surface area contributed by atoms with Crippen molar-refractivity contribution in [2.75, 3.05) is 0 Å². The minimum Gasteiger partial charge on any atom is -0.872 e. The van der Waals surface area contributed by atoms with Crippen LogP contribution in [0.4, 0.5) is 0 Å². The van der Waals surface area contributed by atoms with Crippen LogP contribution in [0.15, 0.2) is 94.1 Å². The molecule has 0 N–H and O–H groups in total. The van der Waals surface area contributed by atoms with Gasteiger partial charge in [-0.2, -0.15) is 0 Å². The molecule has 0 aromatic heterocycles. The summed E-state index contributed by atoms with van der Waals surface area (Å²) in [5, 5.41) is 25.3. The normalized spacial score (nSPS) is 10.5. The molecular formula is C27H16Na2O5. The van der Waals surface area contributed by atoms with Crippen LogP contribution in [0.2, 0.25) is 0 Å². The number of carbonyl (C=O) groups excluding carboxylic acids is 1. The predicted octanol–water partition coefficient (Wildman–Crippen LogP) is -2.40. The number of benzene rings is 4. The van der Waals surface area contributed by atoms with Crippen LogP contribution < -0.4 is 74.8 Å². The summed E-state index contributed by atoms with van der Waals surface area (Å²) in [5.41, 5.74) is 3.19. The first-order valence-electron chi connectivity index (χ1n) is 10.1. The van der Waals surface area contributed by atoms with Gasteiger partial charge in [0.15, 0.2) is 5.43 Å². The van der Waals surface area contributed by atoms with Crippen LogP contribution in [0, 0.1) is 0 Å². The Bertz CT molecular complexity index is 1510. The molecule has 0 saturated heterocycles. The third-order valence-electron chi connectivity index (χ3n) is 5.53. The average molecular weight is 466 g/mol. The number of hydrogen-bond donors (Lipinski definition) is 0. The van der Waals surface area contributed by atoms with Crippen LogP contribution in [0.5, 0.6) is 5.75 Å². The Morgan fingerprint density at radius 1 is 0.824 bits per heavy atom. The van der Waals surface area contributed by atoms with Crippen molar-refractivity contribution in [1.29, 1.82) is 0 Å². The molecule has 3 aromatic carbocycles. The molecule has 0 atom stereocenters. The van der Waals surface area contributed by atoms with Crippen LogP contribution >= 0.6 is 0 Å². The first kappa shape index (κ1) is 26.2. The van der Waals surface area contributed by atoms with Crippen molar-refractivity contribution in [3.8, 4) is 28.2 Å². The zero-order valence-corrected chi connectivity index (χ0v) is 22.8. The summed E-state index contributed by atoms with van der Waals surface area (Å²) in [7, 11) is 0. The van der Waals surface area contributed by atoms with Gasteiger partial charge < -0.3 is 19.4 Å². The van der Waals surface area contributed by atoms with Crippen molar-refractivity contribution >= 4 is 16.9 Å². The molecule has 0 saturated carbocycles. The molecule has 5 rings (SSSR count). The Morgan fingerprint density at radius 3 is 2.26 bits per heavy atom. The maximum Gasteiger partial charge on any atom is 1.00 e. The van der Waals surface area contributed by atoms with E-state index in [4.69, 9.17) is 4.42 Å². The van der Waals surface area contributed by atoms with Crippen molar-refractivity contribution in [3.63, 3.8) is 0 Å². The molecule has 1 aliphatic heterocycles. The quantitative estimate of drug-likeness (QED) is 0.218. The van der Waals surface area contributed by atoms with Gasteiger partial charge in [0, 0.05) is 28.1 Å². The molecule has 5 nitrogen and oxygen atoms in total. The standard InChI is InChI=1S/C27H18O5.2Na/c28-18-10-11-21-24(14-18)32-25-15-23(29)17(12-16-6-2-1-3-7-16)13-22(25)26(21)19-8-4-5-9-20(19)27(30)31;;/h1-11,13-15,29H,12H2,(H,30,31);;/q;2*+1/p-2. The number of fused-ring (bicyclic) bond motifs is 2. The molecule has 1 aliphatic carbocycles. The number of carboxylic acids is 1. The number of rotatable bonds is 4. The Kier molecular flexibility index (Phi) is 8.42. The number of carbonyl (C=O) groups is 1. The van der Waals surface area contributed by atoms with Gasteiger partial charge in [0.1, 0.15) is 11.3 Å². The van der Waals surface area contributed by atoms with Crippen LogP contribution in [0.25, 0.3) is 33.4 Å². The van der Waals surface area contributed by atoms with Gasteiger partial charge in [0.25, 0.3) is 0 Å². The average Bonchev–Trinajstić information content (AvgIpc) is 2.79. The van der Waals surface area contributed by atoms with Crippen molar-refractivity contribution in [2.45, 2.75) is 6.42 Å². The first-order chi connectivity index (χ1) is 15.5. The molecule has 2 aliphatic rings. The zero-order valence-electron chi connectivity index (χ0n) is 18.8. The molecule has 0 radical (unpaired) electrons. The molecule has 0 bridgehead atoms. The molecule has 0 spiro atoms. The Labute approximate surface area is 240 Å². The number of hydrogen-bond acceptors (Lipinski definition) is 5. The summed E-state index contributed by atoms with van der Waals surface area (Å²) in [6.07, 6.45) is 0.425. The second-order valence-corrected chi connectivity index (χ2v) is 7.59. The second-order valence-electron chi connectivity index (χ2n) is 7.59. The topological polar surface area (TPSA) is 93.4 Å². The molecule has 0 fully saturated rings. The summed E-state index contributed by atoms with van der Waals surface area (Å²) in [4.78, 5) is 23.8. The monoisotopic (exact) mass is 466 g/mol. The fraction of sp³-hybridized carbons (Fsp3) is 0.0370. The maximum atomic E-state index is 12.8. The van der Waals surface area contributed by atoms with E-state index in [1.165, 1.54) is 24.3 Å². The van der Waals surface area contributed by atoms with Gasteiger partial charge in [0.05, 0.1) is 5.97 Å². The molecule has 34 heavy (non-hydrogen) atoms. The molecule has 3 aromatic rings. The van der Waals surface area contributed by atoms with Gasteiger partial charge in [-0.25, -0.2) is 0 Å². The van der Waals surface area contributed by atoms with E-state index in [0.717, 1.165) is 5.56 Å². The van der Waals surface area contributed by atoms with Gasteiger partial charge in [-0.3, -0.25) is 4.79 Å². The summed E-state index contributed by atoms with van der Waals surface area (Å²) >= 11 is 0.